The van der Waals surface area contributed by atoms with Gasteiger partial charge in [0.2, 0.25) is 0 Å². The molecule has 0 N–H and O–H groups in total. The molecule has 0 fully saturated rings. The van der Waals surface area contributed by atoms with E-state index in [1.165, 1.54) is 17.9 Å². The Morgan fingerprint density at radius 2 is 2.06 bits per heavy atom. The van der Waals surface area contributed by atoms with Crippen LogP contribution in [-0.4, -0.2) is 22.6 Å². The summed E-state index contributed by atoms with van der Waals surface area (Å²) in [7, 11) is 1.34. The van der Waals surface area contributed by atoms with Gasteiger partial charge < -0.3 is 4.74 Å². The largest absolute Gasteiger partial charge is 0.465 e. The number of carbonyl (C=O) groups is 1. The van der Waals surface area contributed by atoms with Gasteiger partial charge in [-0.15, -0.1) is 0 Å². The Morgan fingerprint density at radius 3 is 2.67 bits per heavy atom. The van der Waals surface area contributed by atoms with E-state index in [0.717, 1.165) is 5.56 Å². The van der Waals surface area contributed by atoms with Gasteiger partial charge in [-0.3, -0.25) is 4.57 Å². The van der Waals surface area contributed by atoms with Crippen LogP contribution in [0.1, 0.15) is 15.9 Å². The van der Waals surface area contributed by atoms with Crippen LogP contribution in [0, 0.1) is 0 Å². The molecule has 0 spiro atoms. The van der Waals surface area contributed by atoms with Gasteiger partial charge in [0.15, 0.2) is 0 Å². The second-order valence-electron chi connectivity index (χ2n) is 3.72. The number of aromatic nitrogens is 2. The lowest BCUT2D eigenvalue weighted by atomic mass is 10.1. The van der Waals surface area contributed by atoms with E-state index >= 15 is 0 Å². The zero-order chi connectivity index (χ0) is 13.0. The van der Waals surface area contributed by atoms with Crippen molar-refractivity contribution < 1.29 is 9.53 Å². The molecule has 0 saturated heterocycles. The van der Waals surface area contributed by atoms with Crippen LogP contribution in [0.3, 0.4) is 0 Å². The summed E-state index contributed by atoms with van der Waals surface area (Å²) in [6, 6.07) is 8.60. The number of esters is 1. The van der Waals surface area contributed by atoms with E-state index in [9.17, 15) is 9.59 Å². The molecular formula is C13H12N2O3. The minimum atomic E-state index is -0.375. The molecule has 0 aliphatic rings. The van der Waals surface area contributed by atoms with Gasteiger partial charge in [-0.1, -0.05) is 12.1 Å². The number of carbonyl (C=O) groups excluding carboxylic acids is 1. The predicted octanol–water partition coefficient (Wildman–Crippen LogP) is 1.08. The highest BCUT2D eigenvalue weighted by atomic mass is 16.5. The fourth-order valence-corrected chi connectivity index (χ4v) is 1.57. The summed E-state index contributed by atoms with van der Waals surface area (Å²) in [5, 5.41) is 0. The van der Waals surface area contributed by atoms with Crippen LogP contribution in [0.5, 0.6) is 0 Å². The maximum absolute atomic E-state index is 11.4. The van der Waals surface area contributed by atoms with Crippen molar-refractivity contribution >= 4 is 5.97 Å². The Morgan fingerprint density at radius 1 is 1.33 bits per heavy atom. The molecule has 0 bridgehead atoms. The third-order valence-corrected chi connectivity index (χ3v) is 2.51. The van der Waals surface area contributed by atoms with Crippen LogP contribution < -0.4 is 5.69 Å². The van der Waals surface area contributed by atoms with Crippen molar-refractivity contribution in [2.75, 3.05) is 7.11 Å². The summed E-state index contributed by atoms with van der Waals surface area (Å²) >= 11 is 0. The van der Waals surface area contributed by atoms with Gasteiger partial charge in [-0.2, -0.15) is 0 Å². The zero-order valence-corrected chi connectivity index (χ0v) is 9.87. The lowest BCUT2D eigenvalue weighted by Gasteiger charge is -2.05. The molecule has 1 heterocycles. The third kappa shape index (κ3) is 2.63. The third-order valence-electron chi connectivity index (χ3n) is 2.51. The average Bonchev–Trinajstić information content (AvgIpc) is 2.41. The fraction of sp³-hybridized carbons (Fsp3) is 0.154. The number of methoxy groups -OCH3 is 1. The SMILES string of the molecule is COC(=O)c1ccc(Cn2cccnc2=O)cc1. The van der Waals surface area contributed by atoms with Gasteiger partial charge in [-0.05, 0) is 23.8 Å². The Hall–Kier alpha value is -2.43. The van der Waals surface area contributed by atoms with Gasteiger partial charge in [0.05, 0.1) is 19.2 Å². The topological polar surface area (TPSA) is 61.2 Å². The molecule has 0 saturated carbocycles. The highest BCUT2D eigenvalue weighted by Gasteiger charge is 2.04. The molecule has 18 heavy (non-hydrogen) atoms. The smallest absolute Gasteiger partial charge is 0.347 e. The van der Waals surface area contributed by atoms with Crippen molar-refractivity contribution in [3.63, 3.8) is 0 Å². The molecule has 5 nitrogen and oxygen atoms in total. The molecular weight excluding hydrogens is 232 g/mol. The maximum Gasteiger partial charge on any atom is 0.347 e. The van der Waals surface area contributed by atoms with Crippen molar-refractivity contribution in [3.05, 3.63) is 64.3 Å². The van der Waals surface area contributed by atoms with Crippen LogP contribution in [0.25, 0.3) is 0 Å². The number of hydrogen-bond donors (Lipinski definition) is 0. The van der Waals surface area contributed by atoms with Crippen molar-refractivity contribution in [2.24, 2.45) is 0 Å². The normalized spacial score (nSPS) is 10.1. The van der Waals surface area contributed by atoms with Crippen LogP contribution in [0.15, 0.2) is 47.5 Å². The van der Waals surface area contributed by atoms with E-state index in [4.69, 9.17) is 0 Å². The van der Waals surface area contributed by atoms with Crippen LogP contribution in [0.2, 0.25) is 0 Å². The van der Waals surface area contributed by atoms with E-state index in [1.807, 2.05) is 0 Å². The molecule has 0 amide bonds. The average molecular weight is 244 g/mol. The van der Waals surface area contributed by atoms with Gasteiger partial charge in [0, 0.05) is 12.4 Å². The standard InChI is InChI=1S/C13H12N2O3/c1-18-12(16)11-5-3-10(4-6-11)9-15-8-2-7-14-13(15)17/h2-8H,9H2,1H3. The van der Waals surface area contributed by atoms with E-state index in [1.54, 1.807) is 36.5 Å². The Balaban J connectivity index is 2.19. The first-order valence-electron chi connectivity index (χ1n) is 5.39. The minimum absolute atomic E-state index is 0.297. The second kappa shape index (κ2) is 5.27. The Bertz CT molecular complexity index is 602. The second-order valence-corrected chi connectivity index (χ2v) is 3.72. The summed E-state index contributed by atoms with van der Waals surface area (Å²) in [5.74, 6) is -0.375. The van der Waals surface area contributed by atoms with E-state index in [0.29, 0.717) is 12.1 Å². The van der Waals surface area contributed by atoms with E-state index in [-0.39, 0.29) is 11.7 Å². The molecule has 0 radical (unpaired) electrons. The van der Waals surface area contributed by atoms with E-state index < -0.39 is 0 Å². The molecule has 0 aliphatic heterocycles. The number of nitrogens with zero attached hydrogens (tertiary/aromatic N) is 2. The maximum atomic E-state index is 11.4. The highest BCUT2D eigenvalue weighted by Crippen LogP contribution is 2.06. The minimum Gasteiger partial charge on any atom is -0.465 e. The first kappa shape index (κ1) is 12.0. The first-order chi connectivity index (χ1) is 8.70. The fourth-order valence-electron chi connectivity index (χ4n) is 1.57. The van der Waals surface area contributed by atoms with Crippen LogP contribution >= 0.6 is 0 Å². The number of benzene rings is 1. The molecule has 0 atom stereocenters. The highest BCUT2D eigenvalue weighted by molar-refractivity contribution is 5.89. The molecule has 2 aromatic rings. The molecule has 1 aromatic carbocycles. The first-order valence-corrected chi connectivity index (χ1v) is 5.39. The number of hydrogen-bond acceptors (Lipinski definition) is 4. The molecule has 1 aromatic heterocycles. The van der Waals surface area contributed by atoms with E-state index in [2.05, 4.69) is 9.72 Å². The van der Waals surface area contributed by atoms with Crippen molar-refractivity contribution in [1.29, 1.82) is 0 Å². The van der Waals surface area contributed by atoms with Gasteiger partial charge in [-0.25, -0.2) is 14.6 Å². The van der Waals surface area contributed by atoms with Gasteiger partial charge in [0.1, 0.15) is 0 Å². The Kier molecular flexibility index (Phi) is 3.52. The molecule has 5 heteroatoms. The number of rotatable bonds is 3. The van der Waals surface area contributed by atoms with Crippen LogP contribution in [0.4, 0.5) is 0 Å². The molecule has 0 unspecified atom stereocenters. The van der Waals surface area contributed by atoms with Crippen molar-refractivity contribution in [1.82, 2.24) is 9.55 Å². The summed E-state index contributed by atoms with van der Waals surface area (Å²) in [4.78, 5) is 26.3. The van der Waals surface area contributed by atoms with Gasteiger partial charge in [0.25, 0.3) is 0 Å². The predicted molar refractivity (Wildman–Crippen MR) is 65.4 cm³/mol. The summed E-state index contributed by atoms with van der Waals surface area (Å²) < 4.78 is 6.10. The lowest BCUT2D eigenvalue weighted by molar-refractivity contribution is 0.0600. The lowest BCUT2D eigenvalue weighted by Crippen LogP contribution is -2.21. The molecule has 0 aliphatic carbocycles. The summed E-state index contributed by atoms with van der Waals surface area (Å²) in [6.45, 7) is 0.425. The number of ether oxygens (including phenoxy) is 1. The molecule has 92 valence electrons. The quantitative estimate of drug-likeness (QED) is 0.758. The monoisotopic (exact) mass is 244 g/mol. The van der Waals surface area contributed by atoms with Crippen molar-refractivity contribution in [3.8, 4) is 0 Å². The summed E-state index contributed by atoms with van der Waals surface area (Å²) in [5.41, 5.74) is 1.10. The summed E-state index contributed by atoms with van der Waals surface area (Å²) in [6.07, 6.45) is 3.13. The zero-order valence-electron chi connectivity index (χ0n) is 9.87. The Labute approximate surface area is 104 Å². The van der Waals surface area contributed by atoms with Gasteiger partial charge >= 0.3 is 11.7 Å². The van der Waals surface area contributed by atoms with Crippen LogP contribution in [-0.2, 0) is 11.3 Å². The van der Waals surface area contributed by atoms with Crippen molar-refractivity contribution in [2.45, 2.75) is 6.54 Å². The molecule has 2 rings (SSSR count).